The monoisotopic (exact) mass is 290 g/mol. The zero-order chi connectivity index (χ0) is 12.5. The van der Waals surface area contributed by atoms with Crippen LogP contribution in [0.3, 0.4) is 0 Å². The summed E-state index contributed by atoms with van der Waals surface area (Å²) < 4.78 is 0. The Morgan fingerprint density at radius 1 is 1.29 bits per heavy atom. The average Bonchev–Trinajstić information content (AvgIpc) is 2.35. The number of thioether (sulfide) groups is 1. The maximum Gasteiger partial charge on any atom is 0.0438 e. The first-order valence-corrected chi connectivity index (χ1v) is 8.21. The van der Waals surface area contributed by atoms with Crippen LogP contribution in [0.2, 0.25) is 5.02 Å². The molecule has 0 radical (unpaired) electrons. The Labute approximate surface area is 119 Å². The second kappa shape index (κ2) is 9.13. The highest BCUT2D eigenvalue weighted by Crippen LogP contribution is 2.22. The van der Waals surface area contributed by atoms with Crippen molar-refractivity contribution in [2.45, 2.75) is 26.2 Å². The van der Waals surface area contributed by atoms with Crippen molar-refractivity contribution in [1.29, 1.82) is 0 Å². The largest absolute Gasteiger partial charge is 0.162 e. The van der Waals surface area contributed by atoms with Crippen molar-refractivity contribution in [3.05, 3.63) is 34.9 Å². The first-order valence-electron chi connectivity index (χ1n) is 6.15. The van der Waals surface area contributed by atoms with Gasteiger partial charge in [-0.15, -0.1) is 11.6 Å². The van der Waals surface area contributed by atoms with Crippen LogP contribution in [0, 0.1) is 5.92 Å². The first kappa shape index (κ1) is 15.2. The fraction of sp³-hybridized carbons (Fsp3) is 0.571. The molecule has 0 nitrogen and oxygen atoms in total. The minimum Gasteiger partial charge on any atom is -0.162 e. The van der Waals surface area contributed by atoms with E-state index in [0.717, 1.165) is 17.3 Å². The number of alkyl halides is 1. The van der Waals surface area contributed by atoms with Gasteiger partial charge in [0.1, 0.15) is 0 Å². The van der Waals surface area contributed by atoms with Gasteiger partial charge in [0.05, 0.1) is 0 Å². The van der Waals surface area contributed by atoms with Gasteiger partial charge in [0.2, 0.25) is 0 Å². The van der Waals surface area contributed by atoms with Gasteiger partial charge in [-0.25, -0.2) is 0 Å². The second-order valence-electron chi connectivity index (χ2n) is 4.16. The molecule has 1 rings (SSSR count). The Morgan fingerprint density at radius 3 is 2.71 bits per heavy atom. The predicted molar refractivity (Wildman–Crippen MR) is 81.6 cm³/mol. The van der Waals surface area contributed by atoms with Crippen LogP contribution >= 0.6 is 35.0 Å². The summed E-state index contributed by atoms with van der Waals surface area (Å²) in [7, 11) is 0. The molecule has 0 aliphatic rings. The Hall–Kier alpha value is 0.150. The lowest BCUT2D eigenvalue weighted by atomic mass is 9.97. The summed E-state index contributed by atoms with van der Waals surface area (Å²) in [6.07, 6.45) is 3.45. The van der Waals surface area contributed by atoms with E-state index < -0.39 is 0 Å². The lowest BCUT2D eigenvalue weighted by molar-refractivity contribution is 0.531. The molecular weight excluding hydrogens is 271 g/mol. The van der Waals surface area contributed by atoms with Gasteiger partial charge in [0, 0.05) is 10.9 Å². The van der Waals surface area contributed by atoms with Crippen molar-refractivity contribution < 1.29 is 0 Å². The maximum atomic E-state index is 6.16. The topological polar surface area (TPSA) is 0 Å². The highest BCUT2D eigenvalue weighted by Gasteiger charge is 2.10. The van der Waals surface area contributed by atoms with Crippen LogP contribution in [-0.2, 0) is 6.42 Å². The zero-order valence-electron chi connectivity index (χ0n) is 10.3. The standard InChI is InChI=1S/C14H20Cl2S/c1-2-17-9-5-6-12(11-15)10-13-7-3-4-8-14(13)16/h3-4,7-8,12H,2,5-6,9-11H2,1H3. The molecule has 0 fully saturated rings. The van der Waals surface area contributed by atoms with Crippen LogP contribution in [0.1, 0.15) is 25.3 Å². The number of benzene rings is 1. The molecular formula is C14H20Cl2S. The van der Waals surface area contributed by atoms with Gasteiger partial charge in [-0.1, -0.05) is 36.7 Å². The molecule has 0 aliphatic carbocycles. The number of rotatable bonds is 8. The predicted octanol–water partition coefficient (Wildman–Crippen LogP) is 5.27. The zero-order valence-corrected chi connectivity index (χ0v) is 12.6. The van der Waals surface area contributed by atoms with Crippen LogP contribution < -0.4 is 0 Å². The number of hydrogen-bond donors (Lipinski definition) is 0. The molecule has 0 amide bonds. The van der Waals surface area contributed by atoms with Crippen molar-refractivity contribution in [2.24, 2.45) is 5.92 Å². The minimum atomic E-state index is 0.550. The Morgan fingerprint density at radius 2 is 2.06 bits per heavy atom. The molecule has 0 bridgehead atoms. The molecule has 0 aromatic heterocycles. The third-order valence-electron chi connectivity index (χ3n) is 2.79. The summed E-state index contributed by atoms with van der Waals surface area (Å²) in [5, 5.41) is 0.866. The fourth-order valence-electron chi connectivity index (χ4n) is 1.83. The van der Waals surface area contributed by atoms with Crippen molar-refractivity contribution in [3.8, 4) is 0 Å². The van der Waals surface area contributed by atoms with Gasteiger partial charge in [-0.3, -0.25) is 0 Å². The summed E-state index contributed by atoms with van der Waals surface area (Å²) in [5.41, 5.74) is 1.22. The molecule has 1 atom stereocenters. The lowest BCUT2D eigenvalue weighted by Crippen LogP contribution is -2.07. The lowest BCUT2D eigenvalue weighted by Gasteiger charge is -2.14. The van der Waals surface area contributed by atoms with E-state index in [9.17, 15) is 0 Å². The smallest absolute Gasteiger partial charge is 0.0438 e. The first-order chi connectivity index (χ1) is 8.27. The number of halogens is 2. The Bertz CT molecular complexity index is 315. The summed E-state index contributed by atoms with van der Waals surface area (Å²) in [4.78, 5) is 0. The second-order valence-corrected chi connectivity index (χ2v) is 6.26. The van der Waals surface area contributed by atoms with Crippen molar-refractivity contribution in [2.75, 3.05) is 17.4 Å². The van der Waals surface area contributed by atoms with E-state index in [-0.39, 0.29) is 0 Å². The highest BCUT2D eigenvalue weighted by molar-refractivity contribution is 7.99. The molecule has 1 aromatic rings. The van der Waals surface area contributed by atoms with Gasteiger partial charge in [0.15, 0.2) is 0 Å². The molecule has 1 unspecified atom stereocenters. The maximum absolute atomic E-state index is 6.16. The van der Waals surface area contributed by atoms with Crippen LogP contribution in [0.25, 0.3) is 0 Å². The van der Waals surface area contributed by atoms with Crippen LogP contribution in [0.4, 0.5) is 0 Å². The Balaban J connectivity index is 2.38. The van der Waals surface area contributed by atoms with Gasteiger partial charge in [-0.2, -0.15) is 11.8 Å². The van der Waals surface area contributed by atoms with Crippen LogP contribution in [-0.4, -0.2) is 17.4 Å². The molecule has 0 saturated heterocycles. The van der Waals surface area contributed by atoms with Gasteiger partial charge < -0.3 is 0 Å². The van der Waals surface area contributed by atoms with E-state index in [1.54, 1.807) is 0 Å². The molecule has 96 valence electrons. The normalized spacial score (nSPS) is 12.6. The van der Waals surface area contributed by atoms with E-state index >= 15 is 0 Å². The number of hydrogen-bond acceptors (Lipinski definition) is 1. The fourth-order valence-corrected chi connectivity index (χ4v) is 2.96. The van der Waals surface area contributed by atoms with Gasteiger partial charge >= 0.3 is 0 Å². The Kier molecular flexibility index (Phi) is 8.17. The molecule has 0 saturated carbocycles. The quantitative estimate of drug-likeness (QED) is 0.464. The molecule has 1 aromatic carbocycles. The third-order valence-corrected chi connectivity index (χ3v) is 4.58. The van der Waals surface area contributed by atoms with Gasteiger partial charge in [0.25, 0.3) is 0 Å². The SMILES string of the molecule is CCSCCCC(CCl)Cc1ccccc1Cl. The summed E-state index contributed by atoms with van der Waals surface area (Å²) >= 11 is 14.2. The average molecular weight is 291 g/mol. The van der Waals surface area contributed by atoms with Crippen molar-refractivity contribution in [1.82, 2.24) is 0 Å². The van der Waals surface area contributed by atoms with Gasteiger partial charge in [-0.05, 0) is 48.3 Å². The molecule has 17 heavy (non-hydrogen) atoms. The summed E-state index contributed by atoms with van der Waals surface area (Å²) in [6.45, 7) is 2.20. The third kappa shape index (κ3) is 6.03. The van der Waals surface area contributed by atoms with E-state index in [0.29, 0.717) is 5.92 Å². The summed E-state index contributed by atoms with van der Waals surface area (Å²) in [5.74, 6) is 3.72. The van der Waals surface area contributed by atoms with E-state index in [2.05, 4.69) is 13.0 Å². The minimum absolute atomic E-state index is 0.550. The van der Waals surface area contributed by atoms with E-state index in [1.165, 1.54) is 29.9 Å². The van der Waals surface area contributed by atoms with E-state index in [4.69, 9.17) is 23.2 Å². The molecule has 0 aliphatic heterocycles. The van der Waals surface area contributed by atoms with Crippen LogP contribution in [0.15, 0.2) is 24.3 Å². The molecule has 0 heterocycles. The van der Waals surface area contributed by atoms with Crippen LogP contribution in [0.5, 0.6) is 0 Å². The summed E-state index contributed by atoms with van der Waals surface area (Å²) in [6, 6.07) is 8.07. The van der Waals surface area contributed by atoms with Crippen molar-refractivity contribution >= 4 is 35.0 Å². The molecule has 0 N–H and O–H groups in total. The van der Waals surface area contributed by atoms with E-state index in [1.807, 2.05) is 30.0 Å². The molecule has 0 spiro atoms. The highest BCUT2D eigenvalue weighted by atomic mass is 35.5. The molecule has 3 heteroatoms. The van der Waals surface area contributed by atoms with Crippen molar-refractivity contribution in [3.63, 3.8) is 0 Å².